The summed E-state index contributed by atoms with van der Waals surface area (Å²) >= 11 is 0. The first-order valence-electron chi connectivity index (χ1n) is 7.10. The van der Waals surface area contributed by atoms with E-state index in [9.17, 15) is 14.7 Å². The summed E-state index contributed by atoms with van der Waals surface area (Å²) in [5, 5.41) is 16.3. The number of nitrogens with zero attached hydrogens (tertiary/aromatic N) is 2. The first-order chi connectivity index (χ1) is 11.2. The molecule has 2 heterocycles. The quantitative estimate of drug-likeness (QED) is 0.736. The summed E-state index contributed by atoms with van der Waals surface area (Å²) in [7, 11) is 0. The number of nitrogens with one attached hydrogen (secondary N) is 1. The fourth-order valence-corrected chi connectivity index (χ4v) is 2.39. The highest BCUT2D eigenvalue weighted by atomic mass is 16.3. The standard InChI is InChI=1S/C16H15N3O4/c20-8-7-19(10-11-4-3-9-23-11)16(22)14-12-5-1-2-6-13(12)15(21)18-17-14/h1-6,9,20H,7-8,10H2,(H,18,21). The van der Waals surface area contributed by atoms with Gasteiger partial charge in [0, 0.05) is 11.9 Å². The number of aliphatic hydroxyl groups excluding tert-OH is 1. The lowest BCUT2D eigenvalue weighted by atomic mass is 10.1. The summed E-state index contributed by atoms with van der Waals surface area (Å²) in [5.41, 5.74) is -0.211. The minimum absolute atomic E-state index is 0.134. The predicted molar refractivity (Wildman–Crippen MR) is 82.9 cm³/mol. The molecule has 0 unspecified atom stereocenters. The number of hydrogen-bond acceptors (Lipinski definition) is 5. The molecule has 0 aliphatic rings. The van der Waals surface area contributed by atoms with Crippen molar-refractivity contribution in [2.24, 2.45) is 0 Å². The smallest absolute Gasteiger partial charge is 0.275 e. The van der Waals surface area contributed by atoms with E-state index >= 15 is 0 Å². The maximum Gasteiger partial charge on any atom is 0.275 e. The van der Waals surface area contributed by atoms with Crippen LogP contribution in [0.5, 0.6) is 0 Å². The second-order valence-corrected chi connectivity index (χ2v) is 4.98. The van der Waals surface area contributed by atoms with Crippen LogP contribution in [0.3, 0.4) is 0 Å². The summed E-state index contributed by atoms with van der Waals surface area (Å²) in [6.07, 6.45) is 1.52. The molecule has 0 atom stereocenters. The van der Waals surface area contributed by atoms with Gasteiger partial charge in [-0.2, -0.15) is 5.10 Å². The summed E-state index contributed by atoms with van der Waals surface area (Å²) < 4.78 is 5.25. The summed E-state index contributed by atoms with van der Waals surface area (Å²) in [4.78, 5) is 26.0. The zero-order valence-corrected chi connectivity index (χ0v) is 12.2. The van der Waals surface area contributed by atoms with Crippen LogP contribution in [0.4, 0.5) is 0 Å². The third-order valence-electron chi connectivity index (χ3n) is 3.48. The number of furan rings is 1. The lowest BCUT2D eigenvalue weighted by Gasteiger charge is -2.20. The molecule has 0 saturated heterocycles. The molecule has 3 rings (SSSR count). The van der Waals surface area contributed by atoms with Gasteiger partial charge in [-0.05, 0) is 18.2 Å². The number of carbonyl (C=O) groups is 1. The monoisotopic (exact) mass is 313 g/mol. The van der Waals surface area contributed by atoms with E-state index in [1.54, 1.807) is 36.4 Å². The van der Waals surface area contributed by atoms with Gasteiger partial charge in [0.05, 0.1) is 24.8 Å². The molecule has 7 heteroatoms. The lowest BCUT2D eigenvalue weighted by molar-refractivity contribution is 0.0690. The lowest BCUT2D eigenvalue weighted by Crippen LogP contribution is -2.34. The van der Waals surface area contributed by atoms with Crippen molar-refractivity contribution in [2.45, 2.75) is 6.54 Å². The van der Waals surface area contributed by atoms with Crippen LogP contribution in [0.25, 0.3) is 10.8 Å². The van der Waals surface area contributed by atoms with Crippen LogP contribution in [0.2, 0.25) is 0 Å². The molecule has 2 aromatic heterocycles. The molecule has 0 bridgehead atoms. The molecular formula is C16H15N3O4. The molecule has 0 saturated carbocycles. The van der Waals surface area contributed by atoms with Crippen molar-refractivity contribution in [1.82, 2.24) is 15.1 Å². The Morgan fingerprint density at radius 2 is 2.00 bits per heavy atom. The fourth-order valence-electron chi connectivity index (χ4n) is 2.39. The van der Waals surface area contributed by atoms with Crippen molar-refractivity contribution in [2.75, 3.05) is 13.2 Å². The highest BCUT2D eigenvalue weighted by molar-refractivity contribution is 6.04. The second-order valence-electron chi connectivity index (χ2n) is 4.98. The molecule has 0 fully saturated rings. The average Bonchev–Trinajstić information content (AvgIpc) is 3.08. The maximum absolute atomic E-state index is 12.8. The zero-order valence-electron chi connectivity index (χ0n) is 12.2. The largest absolute Gasteiger partial charge is 0.467 e. The molecule has 0 spiro atoms. The Morgan fingerprint density at radius 3 is 2.70 bits per heavy atom. The molecule has 0 radical (unpaired) electrons. The Bertz CT molecular complexity index is 870. The fraction of sp³-hybridized carbons (Fsp3) is 0.188. The molecular weight excluding hydrogens is 298 g/mol. The van der Waals surface area contributed by atoms with Crippen LogP contribution < -0.4 is 5.56 Å². The number of fused-ring (bicyclic) bond motifs is 1. The van der Waals surface area contributed by atoms with Gasteiger partial charge < -0.3 is 14.4 Å². The van der Waals surface area contributed by atoms with Crippen LogP contribution in [-0.2, 0) is 6.54 Å². The number of hydrogen-bond donors (Lipinski definition) is 2. The van der Waals surface area contributed by atoms with Crippen molar-refractivity contribution < 1.29 is 14.3 Å². The summed E-state index contributed by atoms with van der Waals surface area (Å²) in [6, 6.07) is 10.2. The molecule has 7 nitrogen and oxygen atoms in total. The topological polar surface area (TPSA) is 99.4 Å². The second kappa shape index (κ2) is 6.45. The van der Waals surface area contributed by atoms with Gasteiger partial charge in [0.2, 0.25) is 0 Å². The van der Waals surface area contributed by atoms with Crippen LogP contribution in [0.1, 0.15) is 16.2 Å². The Labute approximate surface area is 131 Å². The SMILES string of the molecule is O=C(c1n[nH]c(=O)c2ccccc12)N(CCO)Cc1ccco1. The van der Waals surface area contributed by atoms with Crippen LogP contribution >= 0.6 is 0 Å². The molecule has 23 heavy (non-hydrogen) atoms. The number of benzene rings is 1. The number of aliphatic hydroxyl groups is 1. The van der Waals surface area contributed by atoms with Gasteiger partial charge in [0.15, 0.2) is 5.69 Å². The van der Waals surface area contributed by atoms with Gasteiger partial charge in [0.1, 0.15) is 5.76 Å². The molecule has 1 aromatic carbocycles. The van der Waals surface area contributed by atoms with Gasteiger partial charge in [-0.3, -0.25) is 9.59 Å². The van der Waals surface area contributed by atoms with Crippen molar-refractivity contribution in [3.05, 3.63) is 64.5 Å². The van der Waals surface area contributed by atoms with E-state index < -0.39 is 0 Å². The maximum atomic E-state index is 12.8. The number of aromatic amines is 1. The van der Waals surface area contributed by atoms with E-state index in [0.29, 0.717) is 16.5 Å². The average molecular weight is 313 g/mol. The van der Waals surface area contributed by atoms with Gasteiger partial charge in [-0.25, -0.2) is 5.10 Å². The third kappa shape index (κ3) is 3.00. The van der Waals surface area contributed by atoms with Crippen LogP contribution in [-0.4, -0.2) is 39.3 Å². The molecule has 1 amide bonds. The van der Waals surface area contributed by atoms with Crippen LogP contribution in [0, 0.1) is 0 Å². The number of H-pyrrole nitrogens is 1. The van der Waals surface area contributed by atoms with Crippen molar-refractivity contribution >= 4 is 16.7 Å². The minimum Gasteiger partial charge on any atom is -0.467 e. The normalized spacial score (nSPS) is 10.8. The van der Waals surface area contributed by atoms with E-state index in [4.69, 9.17) is 4.42 Å². The van der Waals surface area contributed by atoms with Gasteiger partial charge >= 0.3 is 0 Å². The van der Waals surface area contributed by atoms with E-state index in [0.717, 1.165) is 0 Å². The zero-order chi connectivity index (χ0) is 16.2. The highest BCUT2D eigenvalue weighted by Crippen LogP contribution is 2.16. The summed E-state index contributed by atoms with van der Waals surface area (Å²) in [5.74, 6) is 0.212. The molecule has 118 valence electrons. The van der Waals surface area contributed by atoms with E-state index in [-0.39, 0.29) is 36.9 Å². The minimum atomic E-state index is -0.386. The Balaban J connectivity index is 2.00. The van der Waals surface area contributed by atoms with Gasteiger partial charge in [0.25, 0.3) is 11.5 Å². The highest BCUT2D eigenvalue weighted by Gasteiger charge is 2.21. The Hall–Kier alpha value is -2.93. The predicted octanol–water partition coefficient (Wildman–Crippen LogP) is 1.15. The Morgan fingerprint density at radius 1 is 1.22 bits per heavy atom. The molecule has 0 aliphatic heterocycles. The van der Waals surface area contributed by atoms with Crippen molar-refractivity contribution in [3.8, 4) is 0 Å². The summed E-state index contributed by atoms with van der Waals surface area (Å²) in [6.45, 7) is 0.157. The molecule has 0 aliphatic carbocycles. The number of amides is 1. The van der Waals surface area contributed by atoms with E-state index in [1.165, 1.54) is 11.2 Å². The van der Waals surface area contributed by atoms with Crippen molar-refractivity contribution in [3.63, 3.8) is 0 Å². The third-order valence-corrected chi connectivity index (χ3v) is 3.48. The van der Waals surface area contributed by atoms with E-state index in [1.807, 2.05) is 0 Å². The first-order valence-corrected chi connectivity index (χ1v) is 7.10. The molecule has 2 N–H and O–H groups in total. The van der Waals surface area contributed by atoms with Gasteiger partial charge in [-0.1, -0.05) is 18.2 Å². The van der Waals surface area contributed by atoms with Gasteiger partial charge in [-0.15, -0.1) is 0 Å². The first kappa shape index (κ1) is 15.0. The number of rotatable bonds is 5. The molecule has 3 aromatic rings. The number of aromatic nitrogens is 2. The van der Waals surface area contributed by atoms with Crippen molar-refractivity contribution in [1.29, 1.82) is 0 Å². The van der Waals surface area contributed by atoms with E-state index in [2.05, 4.69) is 10.2 Å². The number of carbonyl (C=O) groups excluding carboxylic acids is 1. The van der Waals surface area contributed by atoms with Crippen LogP contribution in [0.15, 0.2) is 51.9 Å². The Kier molecular flexibility index (Phi) is 4.20.